The van der Waals surface area contributed by atoms with Crippen molar-refractivity contribution in [1.82, 2.24) is 10.3 Å². The van der Waals surface area contributed by atoms with E-state index >= 15 is 0 Å². The predicted octanol–water partition coefficient (Wildman–Crippen LogP) is 1.73. The van der Waals surface area contributed by atoms with E-state index < -0.39 is 6.10 Å². The summed E-state index contributed by atoms with van der Waals surface area (Å²) in [5.74, 6) is -0.227. The van der Waals surface area contributed by atoms with Gasteiger partial charge in [0.1, 0.15) is 4.60 Å². The highest BCUT2D eigenvalue weighted by Crippen LogP contribution is 2.11. The van der Waals surface area contributed by atoms with Gasteiger partial charge in [-0.15, -0.1) is 0 Å². The van der Waals surface area contributed by atoms with Gasteiger partial charge >= 0.3 is 0 Å². The van der Waals surface area contributed by atoms with E-state index in [-0.39, 0.29) is 12.5 Å². The fourth-order valence-electron chi connectivity index (χ4n) is 1.30. The molecule has 0 aromatic carbocycles. The summed E-state index contributed by atoms with van der Waals surface area (Å²) in [6.45, 7) is 2.26. The van der Waals surface area contributed by atoms with Crippen LogP contribution in [0.2, 0.25) is 0 Å². The van der Waals surface area contributed by atoms with E-state index in [1.54, 1.807) is 18.3 Å². The Kier molecular flexibility index (Phi) is 5.42. The van der Waals surface area contributed by atoms with E-state index in [4.69, 9.17) is 0 Å². The van der Waals surface area contributed by atoms with Crippen LogP contribution >= 0.6 is 15.9 Å². The van der Waals surface area contributed by atoms with E-state index in [9.17, 15) is 9.90 Å². The van der Waals surface area contributed by atoms with E-state index in [0.29, 0.717) is 16.6 Å². The molecule has 88 valence electrons. The molecule has 2 N–H and O–H groups in total. The molecule has 1 aromatic rings. The van der Waals surface area contributed by atoms with Gasteiger partial charge in [0.25, 0.3) is 5.91 Å². The molecule has 0 saturated carbocycles. The molecule has 1 unspecified atom stereocenters. The fraction of sp³-hybridized carbons (Fsp3) is 0.455. The van der Waals surface area contributed by atoms with Gasteiger partial charge in [-0.05, 0) is 34.5 Å². The van der Waals surface area contributed by atoms with Crippen molar-refractivity contribution in [1.29, 1.82) is 0 Å². The number of amides is 1. The van der Waals surface area contributed by atoms with Crippen LogP contribution in [0.5, 0.6) is 0 Å². The molecule has 0 aliphatic heterocycles. The Hall–Kier alpha value is -0.940. The van der Waals surface area contributed by atoms with Crippen molar-refractivity contribution in [2.45, 2.75) is 25.9 Å². The van der Waals surface area contributed by atoms with Gasteiger partial charge < -0.3 is 10.4 Å². The van der Waals surface area contributed by atoms with Crippen molar-refractivity contribution < 1.29 is 9.90 Å². The number of aliphatic hydroxyl groups is 1. The average molecular weight is 287 g/mol. The Balaban J connectivity index is 2.50. The summed E-state index contributed by atoms with van der Waals surface area (Å²) in [5, 5.41) is 12.1. The van der Waals surface area contributed by atoms with Crippen molar-refractivity contribution in [3.05, 3.63) is 28.5 Å². The summed E-state index contributed by atoms with van der Waals surface area (Å²) in [7, 11) is 0. The smallest absolute Gasteiger partial charge is 0.254 e. The zero-order valence-corrected chi connectivity index (χ0v) is 10.7. The van der Waals surface area contributed by atoms with Crippen molar-refractivity contribution >= 4 is 21.8 Å². The molecule has 0 saturated heterocycles. The maximum atomic E-state index is 11.7. The lowest BCUT2D eigenvalue weighted by Gasteiger charge is -2.10. The van der Waals surface area contributed by atoms with Crippen LogP contribution in [0.1, 0.15) is 30.1 Å². The minimum absolute atomic E-state index is 0.227. The summed E-state index contributed by atoms with van der Waals surface area (Å²) in [6, 6.07) is 3.38. The highest BCUT2D eigenvalue weighted by atomic mass is 79.9. The minimum atomic E-state index is -0.482. The first-order valence-corrected chi connectivity index (χ1v) is 6.01. The first kappa shape index (κ1) is 13.1. The predicted molar refractivity (Wildman–Crippen MR) is 65.2 cm³/mol. The van der Waals surface area contributed by atoms with Crippen LogP contribution in [-0.4, -0.2) is 28.6 Å². The Bertz CT molecular complexity index is 358. The van der Waals surface area contributed by atoms with Crippen molar-refractivity contribution in [2.75, 3.05) is 6.54 Å². The number of halogens is 1. The number of hydrogen-bond donors (Lipinski definition) is 2. The average Bonchev–Trinajstić information content (AvgIpc) is 2.27. The second-order valence-electron chi connectivity index (χ2n) is 3.49. The second-order valence-corrected chi connectivity index (χ2v) is 4.25. The molecule has 0 bridgehead atoms. The summed E-state index contributed by atoms with van der Waals surface area (Å²) in [5.41, 5.74) is 0.478. The fourth-order valence-corrected chi connectivity index (χ4v) is 1.73. The molecule has 4 nitrogen and oxygen atoms in total. The van der Waals surface area contributed by atoms with Crippen LogP contribution in [0.3, 0.4) is 0 Å². The van der Waals surface area contributed by atoms with E-state index in [1.165, 1.54) is 0 Å². The number of carbonyl (C=O) groups excluding carboxylic acids is 1. The SMILES string of the molecule is CCCC(O)CNC(=O)c1cccnc1Br. The van der Waals surface area contributed by atoms with Crippen LogP contribution in [0.4, 0.5) is 0 Å². The monoisotopic (exact) mass is 286 g/mol. The van der Waals surface area contributed by atoms with Crippen molar-refractivity contribution in [3.8, 4) is 0 Å². The molecule has 0 fully saturated rings. The lowest BCUT2D eigenvalue weighted by atomic mass is 10.2. The van der Waals surface area contributed by atoms with Gasteiger partial charge in [-0.3, -0.25) is 4.79 Å². The van der Waals surface area contributed by atoms with Gasteiger partial charge in [-0.1, -0.05) is 13.3 Å². The number of carbonyl (C=O) groups is 1. The largest absolute Gasteiger partial charge is 0.391 e. The number of hydrogen-bond acceptors (Lipinski definition) is 3. The Morgan fingerprint density at radius 1 is 1.69 bits per heavy atom. The Morgan fingerprint density at radius 2 is 2.44 bits per heavy atom. The highest BCUT2D eigenvalue weighted by Gasteiger charge is 2.11. The summed E-state index contributed by atoms with van der Waals surface area (Å²) in [6.07, 6.45) is 2.71. The van der Waals surface area contributed by atoms with Gasteiger partial charge in [0, 0.05) is 12.7 Å². The second kappa shape index (κ2) is 6.60. The number of nitrogens with zero attached hydrogens (tertiary/aromatic N) is 1. The molecular weight excluding hydrogens is 272 g/mol. The van der Waals surface area contributed by atoms with Gasteiger partial charge in [0.05, 0.1) is 11.7 Å². The van der Waals surface area contributed by atoms with E-state index in [0.717, 1.165) is 6.42 Å². The molecule has 1 heterocycles. The molecule has 16 heavy (non-hydrogen) atoms. The third-order valence-corrected chi connectivity index (χ3v) is 2.76. The zero-order valence-electron chi connectivity index (χ0n) is 9.11. The summed E-state index contributed by atoms with van der Waals surface area (Å²) in [4.78, 5) is 15.6. The molecule has 0 spiro atoms. The van der Waals surface area contributed by atoms with Crippen LogP contribution < -0.4 is 5.32 Å². The molecular formula is C11H15BrN2O2. The quantitative estimate of drug-likeness (QED) is 0.811. The molecule has 5 heteroatoms. The molecule has 1 aromatic heterocycles. The third-order valence-electron chi connectivity index (χ3n) is 2.12. The first-order chi connectivity index (χ1) is 7.65. The molecule has 0 aliphatic rings. The minimum Gasteiger partial charge on any atom is -0.391 e. The van der Waals surface area contributed by atoms with Gasteiger partial charge in [0.2, 0.25) is 0 Å². The molecule has 1 amide bonds. The zero-order chi connectivity index (χ0) is 12.0. The third kappa shape index (κ3) is 3.90. The lowest BCUT2D eigenvalue weighted by Crippen LogP contribution is -2.32. The van der Waals surface area contributed by atoms with Crippen LogP contribution in [0.25, 0.3) is 0 Å². The maximum Gasteiger partial charge on any atom is 0.254 e. The Labute approximate surface area is 103 Å². The van der Waals surface area contributed by atoms with Crippen LogP contribution in [-0.2, 0) is 0 Å². The number of pyridine rings is 1. The van der Waals surface area contributed by atoms with Gasteiger partial charge in [-0.25, -0.2) is 4.98 Å². The summed E-state index contributed by atoms with van der Waals surface area (Å²) >= 11 is 3.20. The summed E-state index contributed by atoms with van der Waals surface area (Å²) < 4.78 is 0.512. The number of aromatic nitrogens is 1. The van der Waals surface area contributed by atoms with Crippen LogP contribution in [0, 0.1) is 0 Å². The standard InChI is InChI=1S/C11H15BrN2O2/c1-2-4-8(15)7-14-11(16)9-5-3-6-13-10(9)12/h3,5-6,8,15H,2,4,7H2,1H3,(H,14,16). The van der Waals surface area contributed by atoms with Crippen molar-refractivity contribution in [2.24, 2.45) is 0 Å². The van der Waals surface area contributed by atoms with E-state index in [1.807, 2.05) is 6.92 Å². The normalized spacial score (nSPS) is 12.2. The van der Waals surface area contributed by atoms with Crippen LogP contribution in [0.15, 0.2) is 22.9 Å². The first-order valence-electron chi connectivity index (χ1n) is 5.22. The Morgan fingerprint density at radius 3 is 3.06 bits per heavy atom. The number of rotatable bonds is 5. The molecule has 0 aliphatic carbocycles. The van der Waals surface area contributed by atoms with E-state index in [2.05, 4.69) is 26.2 Å². The van der Waals surface area contributed by atoms with Crippen molar-refractivity contribution in [3.63, 3.8) is 0 Å². The van der Waals surface area contributed by atoms with Gasteiger partial charge in [-0.2, -0.15) is 0 Å². The maximum absolute atomic E-state index is 11.7. The highest BCUT2D eigenvalue weighted by molar-refractivity contribution is 9.10. The number of nitrogens with one attached hydrogen (secondary N) is 1. The topological polar surface area (TPSA) is 62.2 Å². The molecule has 1 atom stereocenters. The van der Waals surface area contributed by atoms with Gasteiger partial charge in [0.15, 0.2) is 0 Å². The number of aliphatic hydroxyl groups excluding tert-OH is 1. The molecule has 1 rings (SSSR count). The lowest BCUT2D eigenvalue weighted by molar-refractivity contribution is 0.0909. The molecule has 0 radical (unpaired) electrons.